The van der Waals surface area contributed by atoms with E-state index in [0.29, 0.717) is 5.03 Å². The minimum absolute atomic E-state index is 0.124. The number of allylic oxidation sites excluding steroid dienone is 1. The van der Waals surface area contributed by atoms with Crippen molar-refractivity contribution in [1.82, 2.24) is 9.78 Å². The number of hydrogen-bond acceptors (Lipinski definition) is 2. The molecule has 0 fully saturated rings. The Morgan fingerprint density at radius 1 is 1.77 bits per heavy atom. The highest BCUT2D eigenvalue weighted by Crippen LogP contribution is 2.07. The van der Waals surface area contributed by atoms with Gasteiger partial charge in [-0.05, 0) is 0 Å². The largest absolute Gasteiger partial charge is 0.478 e. The number of rotatable bonds is 3. The third-order valence-electron chi connectivity index (χ3n) is 1.31. The summed E-state index contributed by atoms with van der Waals surface area (Å²) in [5.41, 5.74) is 1.34. The zero-order valence-corrected chi connectivity index (χ0v) is 7.96. The Labute approximate surface area is 84.4 Å². The van der Waals surface area contributed by atoms with E-state index in [1.54, 1.807) is 0 Å². The molecule has 0 aliphatic carbocycles. The molecule has 1 aromatic heterocycles. The first-order chi connectivity index (χ1) is 6.13. The van der Waals surface area contributed by atoms with Gasteiger partial charge in [0.05, 0.1) is 23.3 Å². The van der Waals surface area contributed by atoms with Crippen LogP contribution >= 0.6 is 23.2 Å². The van der Waals surface area contributed by atoms with Gasteiger partial charge in [0.1, 0.15) is 0 Å². The van der Waals surface area contributed by atoms with Gasteiger partial charge >= 0.3 is 5.97 Å². The first-order valence-corrected chi connectivity index (χ1v) is 4.15. The second-order valence-electron chi connectivity index (χ2n) is 2.29. The molecule has 0 aliphatic heterocycles. The molecule has 0 atom stereocenters. The van der Waals surface area contributed by atoms with Gasteiger partial charge in [0.15, 0.2) is 0 Å². The van der Waals surface area contributed by atoms with Crippen molar-refractivity contribution in [3.63, 3.8) is 0 Å². The van der Waals surface area contributed by atoms with Crippen LogP contribution in [0.1, 0.15) is 10.4 Å². The van der Waals surface area contributed by atoms with Gasteiger partial charge in [0.25, 0.3) is 0 Å². The number of aromatic carboxylic acids is 1. The Balaban J connectivity index is 2.75. The topological polar surface area (TPSA) is 55.1 Å². The van der Waals surface area contributed by atoms with Crippen LogP contribution in [0.3, 0.4) is 0 Å². The molecule has 1 heterocycles. The van der Waals surface area contributed by atoms with E-state index in [4.69, 9.17) is 28.3 Å². The minimum Gasteiger partial charge on any atom is -0.478 e. The van der Waals surface area contributed by atoms with Gasteiger partial charge in [-0.25, -0.2) is 4.79 Å². The summed E-state index contributed by atoms with van der Waals surface area (Å²) in [6, 6.07) is 0. The van der Waals surface area contributed by atoms with Crippen molar-refractivity contribution >= 4 is 29.2 Å². The van der Waals surface area contributed by atoms with Crippen LogP contribution in [-0.4, -0.2) is 20.9 Å². The molecule has 70 valence electrons. The van der Waals surface area contributed by atoms with Gasteiger partial charge in [-0.15, -0.1) is 0 Å². The van der Waals surface area contributed by atoms with Crippen LogP contribution in [0.2, 0.25) is 0 Å². The molecule has 13 heavy (non-hydrogen) atoms. The SMILES string of the molecule is O=C(O)c1cnn(CC(Cl)=CCl)c1. The zero-order chi connectivity index (χ0) is 9.84. The zero-order valence-electron chi connectivity index (χ0n) is 6.44. The van der Waals surface area contributed by atoms with Crippen molar-refractivity contribution < 1.29 is 9.90 Å². The second kappa shape index (κ2) is 4.30. The maximum Gasteiger partial charge on any atom is 0.338 e. The Morgan fingerprint density at radius 3 is 2.92 bits per heavy atom. The molecule has 0 aliphatic rings. The quantitative estimate of drug-likeness (QED) is 0.847. The van der Waals surface area contributed by atoms with Crippen molar-refractivity contribution in [3.8, 4) is 0 Å². The number of carbonyl (C=O) groups is 1. The minimum atomic E-state index is -1.02. The molecule has 6 heteroatoms. The van der Waals surface area contributed by atoms with Crippen LogP contribution < -0.4 is 0 Å². The Hall–Kier alpha value is -1.000. The molecule has 1 aromatic rings. The molecule has 0 saturated heterocycles. The van der Waals surface area contributed by atoms with Crippen molar-refractivity contribution in [2.75, 3.05) is 0 Å². The molecule has 0 amide bonds. The van der Waals surface area contributed by atoms with Gasteiger partial charge in [-0.3, -0.25) is 4.68 Å². The highest BCUT2D eigenvalue weighted by Gasteiger charge is 2.05. The summed E-state index contributed by atoms with van der Waals surface area (Å²) >= 11 is 10.9. The van der Waals surface area contributed by atoms with Gasteiger partial charge < -0.3 is 5.11 Å². The number of carboxylic acid groups (broad SMARTS) is 1. The Morgan fingerprint density at radius 2 is 2.46 bits per heavy atom. The van der Waals surface area contributed by atoms with Crippen LogP contribution in [0.15, 0.2) is 23.0 Å². The summed E-state index contributed by atoms with van der Waals surface area (Å²) in [5, 5.41) is 12.7. The molecular weight excluding hydrogens is 215 g/mol. The smallest absolute Gasteiger partial charge is 0.338 e. The first kappa shape index (κ1) is 10.1. The number of aromatic nitrogens is 2. The number of nitrogens with zero attached hydrogens (tertiary/aromatic N) is 2. The van der Waals surface area contributed by atoms with E-state index in [0.717, 1.165) is 0 Å². The van der Waals surface area contributed by atoms with E-state index < -0.39 is 5.97 Å². The molecule has 4 nitrogen and oxygen atoms in total. The molecule has 0 unspecified atom stereocenters. The summed E-state index contributed by atoms with van der Waals surface area (Å²) in [5.74, 6) is -1.02. The van der Waals surface area contributed by atoms with E-state index in [9.17, 15) is 4.79 Å². The van der Waals surface area contributed by atoms with Crippen LogP contribution in [-0.2, 0) is 6.54 Å². The molecule has 1 N–H and O–H groups in total. The molecule has 0 bridgehead atoms. The maximum absolute atomic E-state index is 10.4. The van der Waals surface area contributed by atoms with Gasteiger partial charge in [-0.2, -0.15) is 5.10 Å². The fourth-order valence-corrected chi connectivity index (χ4v) is 0.941. The average molecular weight is 221 g/mol. The van der Waals surface area contributed by atoms with Crippen molar-refractivity contribution in [2.45, 2.75) is 6.54 Å². The summed E-state index contributed by atoms with van der Waals surface area (Å²) < 4.78 is 1.39. The normalized spacial score (nSPS) is 11.7. The van der Waals surface area contributed by atoms with Crippen LogP contribution in [0, 0.1) is 0 Å². The summed E-state index contributed by atoms with van der Waals surface area (Å²) in [7, 11) is 0. The number of halogens is 2. The standard InChI is InChI=1S/C7H6Cl2N2O2/c8-1-6(9)4-11-3-5(2-10-11)7(12)13/h1-3H,4H2,(H,12,13). The monoisotopic (exact) mass is 220 g/mol. The van der Waals surface area contributed by atoms with Crippen LogP contribution in [0.25, 0.3) is 0 Å². The lowest BCUT2D eigenvalue weighted by atomic mass is 10.4. The highest BCUT2D eigenvalue weighted by atomic mass is 35.5. The number of hydrogen-bond donors (Lipinski definition) is 1. The molecule has 1 rings (SSSR count). The lowest BCUT2D eigenvalue weighted by Crippen LogP contribution is -1.98. The molecule has 0 radical (unpaired) electrons. The van der Waals surface area contributed by atoms with Gasteiger partial charge in [-0.1, -0.05) is 23.2 Å². The average Bonchev–Trinajstić information content (AvgIpc) is 2.52. The first-order valence-electron chi connectivity index (χ1n) is 3.34. The van der Waals surface area contributed by atoms with Crippen LogP contribution in [0.4, 0.5) is 0 Å². The third-order valence-corrected chi connectivity index (χ3v) is 1.92. The van der Waals surface area contributed by atoms with Crippen molar-refractivity contribution in [3.05, 3.63) is 28.5 Å². The second-order valence-corrected chi connectivity index (χ2v) is 2.99. The van der Waals surface area contributed by atoms with Gasteiger partial charge in [0, 0.05) is 11.7 Å². The molecular formula is C7H6Cl2N2O2. The van der Waals surface area contributed by atoms with E-state index in [1.807, 2.05) is 0 Å². The molecule has 0 saturated carbocycles. The lowest BCUT2D eigenvalue weighted by Gasteiger charge is -1.96. The fraction of sp³-hybridized carbons (Fsp3) is 0.143. The van der Waals surface area contributed by atoms with Crippen molar-refractivity contribution in [1.29, 1.82) is 0 Å². The predicted octanol–water partition coefficient (Wildman–Crippen LogP) is 1.90. The summed E-state index contributed by atoms with van der Waals surface area (Å²) in [6.45, 7) is 0.276. The molecule has 0 spiro atoms. The third kappa shape index (κ3) is 2.75. The van der Waals surface area contributed by atoms with E-state index in [2.05, 4.69) is 5.10 Å². The highest BCUT2D eigenvalue weighted by molar-refractivity contribution is 6.36. The fourth-order valence-electron chi connectivity index (χ4n) is 0.750. The summed E-state index contributed by atoms with van der Waals surface area (Å²) in [4.78, 5) is 10.4. The van der Waals surface area contributed by atoms with E-state index >= 15 is 0 Å². The van der Waals surface area contributed by atoms with E-state index in [-0.39, 0.29) is 12.1 Å². The predicted molar refractivity (Wildman–Crippen MR) is 49.0 cm³/mol. The van der Waals surface area contributed by atoms with Crippen LogP contribution in [0.5, 0.6) is 0 Å². The van der Waals surface area contributed by atoms with Gasteiger partial charge in [0.2, 0.25) is 0 Å². The Bertz CT molecular complexity index is 346. The maximum atomic E-state index is 10.4. The Kier molecular flexibility index (Phi) is 3.33. The lowest BCUT2D eigenvalue weighted by molar-refractivity contribution is 0.0697. The van der Waals surface area contributed by atoms with Crippen molar-refractivity contribution in [2.24, 2.45) is 0 Å². The molecule has 0 aromatic carbocycles. The van der Waals surface area contributed by atoms with E-state index in [1.165, 1.54) is 22.6 Å². The number of carboxylic acids is 1. The summed E-state index contributed by atoms with van der Waals surface area (Å²) in [6.07, 6.45) is 2.63.